The van der Waals surface area contributed by atoms with E-state index in [1.54, 1.807) is 6.92 Å². The highest BCUT2D eigenvalue weighted by atomic mass is 35.5. The molecule has 8 nitrogen and oxygen atoms in total. The van der Waals surface area contributed by atoms with Crippen molar-refractivity contribution in [3.8, 4) is 0 Å². The zero-order valence-electron chi connectivity index (χ0n) is 22.8. The van der Waals surface area contributed by atoms with Crippen molar-refractivity contribution in [1.29, 1.82) is 0 Å². The lowest BCUT2D eigenvalue weighted by Crippen LogP contribution is -2.61. The summed E-state index contributed by atoms with van der Waals surface area (Å²) in [6.45, 7) is 8.10. The van der Waals surface area contributed by atoms with Crippen LogP contribution in [-0.4, -0.2) is 77.9 Å². The third-order valence-corrected chi connectivity index (χ3v) is 9.35. The molecule has 38 heavy (non-hydrogen) atoms. The molecule has 1 aliphatic heterocycles. The molecule has 1 aliphatic carbocycles. The molecular formula is C28H42ClN5O3S. The van der Waals surface area contributed by atoms with E-state index in [0.29, 0.717) is 31.7 Å². The highest BCUT2D eigenvalue weighted by Gasteiger charge is 2.38. The Morgan fingerprint density at radius 3 is 2.61 bits per heavy atom. The second-order valence-corrected chi connectivity index (χ2v) is 12.3. The van der Waals surface area contributed by atoms with Gasteiger partial charge in [0.25, 0.3) is 0 Å². The molecular weight excluding hydrogens is 522 g/mol. The van der Waals surface area contributed by atoms with Gasteiger partial charge < -0.3 is 15.2 Å². The summed E-state index contributed by atoms with van der Waals surface area (Å²) >= 11 is 7.99. The molecule has 3 atom stereocenters. The number of thiazole rings is 1. The van der Waals surface area contributed by atoms with Crippen molar-refractivity contribution >= 4 is 28.9 Å². The predicted molar refractivity (Wildman–Crippen MR) is 152 cm³/mol. The van der Waals surface area contributed by atoms with Gasteiger partial charge in [0.15, 0.2) is 0 Å². The third-order valence-electron chi connectivity index (χ3n) is 7.87. The van der Waals surface area contributed by atoms with Crippen LogP contribution in [0.25, 0.3) is 0 Å². The lowest BCUT2D eigenvalue weighted by molar-refractivity contribution is -0.144. The van der Waals surface area contributed by atoms with Crippen molar-refractivity contribution in [2.75, 3.05) is 32.8 Å². The fraction of sp³-hybridized carbons (Fsp3) is 0.643. The first-order chi connectivity index (χ1) is 18.2. The number of rotatable bonds is 10. The second kappa shape index (κ2) is 13.7. The standard InChI is InChI=1S/C28H42ClN5O3S/c1-4-36-27(35)16-33(31)14-25(30)26-15-34(24(17-37-26)13-20-5-9-22(29)10-6-20)23-11-7-21(8-12-23)28-32-18(2)19(3)38-28/h5-6,9-10,21,23-26H,4,7-8,11-17,30-31H2,1-3H3/t21?,23?,24-,25?,26+/m0/s1. The summed E-state index contributed by atoms with van der Waals surface area (Å²) in [4.78, 5) is 20.6. The van der Waals surface area contributed by atoms with E-state index in [9.17, 15) is 4.79 Å². The van der Waals surface area contributed by atoms with Crippen LogP contribution in [0.1, 0.15) is 59.7 Å². The van der Waals surface area contributed by atoms with E-state index in [2.05, 4.69) is 30.9 Å². The summed E-state index contributed by atoms with van der Waals surface area (Å²) in [5.74, 6) is 6.28. The lowest BCUT2D eigenvalue weighted by atomic mass is 9.84. The first kappa shape index (κ1) is 29.4. The zero-order valence-corrected chi connectivity index (χ0v) is 24.3. The van der Waals surface area contributed by atoms with Gasteiger partial charge in [0, 0.05) is 47.0 Å². The maximum atomic E-state index is 11.8. The molecule has 4 rings (SSSR count). The number of morpholine rings is 1. The van der Waals surface area contributed by atoms with Crippen molar-refractivity contribution in [2.24, 2.45) is 11.6 Å². The molecule has 2 aliphatic rings. The number of carbonyl (C=O) groups excluding carboxylic acids is 1. The van der Waals surface area contributed by atoms with Crippen molar-refractivity contribution in [3.05, 3.63) is 50.4 Å². The number of aryl methyl sites for hydroxylation is 2. The lowest BCUT2D eigenvalue weighted by Gasteiger charge is -2.47. The normalized spacial score (nSPS) is 25.4. The first-order valence-electron chi connectivity index (χ1n) is 13.7. The van der Waals surface area contributed by atoms with Crippen molar-refractivity contribution in [2.45, 2.75) is 83.0 Å². The number of hydrazine groups is 1. The Balaban J connectivity index is 1.41. The number of benzene rings is 1. The Bertz CT molecular complexity index is 1020. The van der Waals surface area contributed by atoms with Crippen molar-refractivity contribution in [3.63, 3.8) is 0 Å². The monoisotopic (exact) mass is 563 g/mol. The topological polar surface area (TPSA) is 107 Å². The number of aromatic nitrogens is 1. The molecule has 2 heterocycles. The van der Waals surface area contributed by atoms with Gasteiger partial charge in [-0.15, -0.1) is 11.3 Å². The summed E-state index contributed by atoms with van der Waals surface area (Å²) in [6.07, 6.45) is 5.30. The van der Waals surface area contributed by atoms with Crippen LogP contribution in [0.15, 0.2) is 24.3 Å². The first-order valence-corrected chi connectivity index (χ1v) is 14.9. The number of halogens is 1. The number of nitrogens with zero attached hydrogens (tertiary/aromatic N) is 3. The average Bonchev–Trinajstić information content (AvgIpc) is 3.23. The number of ether oxygens (including phenoxy) is 2. The van der Waals surface area contributed by atoms with E-state index in [-0.39, 0.29) is 30.7 Å². The van der Waals surface area contributed by atoms with Gasteiger partial charge in [-0.25, -0.2) is 9.99 Å². The minimum absolute atomic E-state index is 0.0108. The minimum Gasteiger partial charge on any atom is -0.465 e. The quantitative estimate of drug-likeness (QED) is 0.255. The maximum absolute atomic E-state index is 11.8. The van der Waals surface area contributed by atoms with E-state index in [0.717, 1.165) is 49.4 Å². The minimum atomic E-state index is -0.348. The van der Waals surface area contributed by atoms with E-state index in [1.807, 2.05) is 23.5 Å². The van der Waals surface area contributed by atoms with Gasteiger partial charge in [-0.2, -0.15) is 0 Å². The highest BCUT2D eigenvalue weighted by Crippen LogP contribution is 2.38. The van der Waals surface area contributed by atoms with Crippen LogP contribution in [0.4, 0.5) is 0 Å². The maximum Gasteiger partial charge on any atom is 0.321 e. The largest absolute Gasteiger partial charge is 0.465 e. The van der Waals surface area contributed by atoms with E-state index < -0.39 is 0 Å². The molecule has 1 saturated carbocycles. The molecule has 210 valence electrons. The molecule has 4 N–H and O–H groups in total. The van der Waals surface area contributed by atoms with E-state index >= 15 is 0 Å². The van der Waals surface area contributed by atoms with Crippen molar-refractivity contribution in [1.82, 2.24) is 14.9 Å². The second-order valence-electron chi connectivity index (χ2n) is 10.7. The van der Waals surface area contributed by atoms with Crippen LogP contribution in [-0.2, 0) is 20.7 Å². The van der Waals surface area contributed by atoms with Gasteiger partial charge in [0.2, 0.25) is 0 Å². The Morgan fingerprint density at radius 2 is 1.97 bits per heavy atom. The van der Waals surface area contributed by atoms with Crippen LogP contribution in [0, 0.1) is 13.8 Å². The fourth-order valence-corrected chi connectivity index (χ4v) is 6.88. The SMILES string of the molecule is CCOC(=O)CN(N)CC(N)[C@H]1CN(C2CCC(c3nc(C)c(C)s3)CC2)[C@@H](Cc2ccc(Cl)cc2)CO1. The molecule has 1 aromatic carbocycles. The molecule has 0 bridgehead atoms. The molecule has 1 unspecified atom stereocenters. The Morgan fingerprint density at radius 1 is 1.26 bits per heavy atom. The smallest absolute Gasteiger partial charge is 0.321 e. The van der Waals surface area contributed by atoms with Crippen LogP contribution in [0.5, 0.6) is 0 Å². The van der Waals surface area contributed by atoms with Gasteiger partial charge in [-0.3, -0.25) is 15.5 Å². The van der Waals surface area contributed by atoms with Crippen molar-refractivity contribution < 1.29 is 14.3 Å². The third kappa shape index (κ3) is 7.75. The molecule has 0 radical (unpaired) electrons. The predicted octanol–water partition coefficient (Wildman–Crippen LogP) is 3.82. The van der Waals surface area contributed by atoms with Gasteiger partial charge in [-0.1, -0.05) is 23.7 Å². The fourth-order valence-electron chi connectivity index (χ4n) is 5.67. The van der Waals surface area contributed by atoms with Gasteiger partial charge in [-0.05, 0) is 70.6 Å². The molecule has 0 spiro atoms. The summed E-state index contributed by atoms with van der Waals surface area (Å²) in [6, 6.07) is 8.52. The average molecular weight is 564 g/mol. The summed E-state index contributed by atoms with van der Waals surface area (Å²) in [5.41, 5.74) is 8.99. The Labute approximate surface area is 235 Å². The molecule has 0 amide bonds. The number of esters is 1. The summed E-state index contributed by atoms with van der Waals surface area (Å²) < 4.78 is 11.3. The molecule has 1 aromatic heterocycles. The zero-order chi connectivity index (χ0) is 27.2. The van der Waals surface area contributed by atoms with Crippen LogP contribution < -0.4 is 11.6 Å². The van der Waals surface area contributed by atoms with E-state index in [4.69, 9.17) is 37.6 Å². The highest BCUT2D eigenvalue weighted by molar-refractivity contribution is 7.11. The van der Waals surface area contributed by atoms with Crippen LogP contribution in [0.3, 0.4) is 0 Å². The number of hydrogen-bond donors (Lipinski definition) is 2. The van der Waals surface area contributed by atoms with Gasteiger partial charge >= 0.3 is 5.97 Å². The van der Waals surface area contributed by atoms with E-state index in [1.165, 1.54) is 20.5 Å². The molecule has 1 saturated heterocycles. The van der Waals surface area contributed by atoms with Crippen LogP contribution in [0.2, 0.25) is 5.02 Å². The Kier molecular flexibility index (Phi) is 10.6. The van der Waals surface area contributed by atoms with Gasteiger partial charge in [0.05, 0.1) is 30.0 Å². The van der Waals surface area contributed by atoms with Gasteiger partial charge in [0.1, 0.15) is 6.54 Å². The number of carbonyl (C=O) groups is 1. The van der Waals surface area contributed by atoms with Crippen LogP contribution >= 0.6 is 22.9 Å². The number of hydrogen-bond acceptors (Lipinski definition) is 9. The molecule has 2 fully saturated rings. The summed E-state index contributed by atoms with van der Waals surface area (Å²) in [7, 11) is 0. The Hall–Kier alpha value is -1.59. The molecule has 2 aromatic rings. The number of nitrogens with two attached hydrogens (primary N) is 2. The summed E-state index contributed by atoms with van der Waals surface area (Å²) in [5, 5.41) is 3.47. The molecule has 10 heteroatoms.